The van der Waals surface area contributed by atoms with Crippen molar-refractivity contribution in [2.75, 3.05) is 26.5 Å². The first-order valence-electron chi connectivity index (χ1n) is 21.5. The van der Waals surface area contributed by atoms with Crippen molar-refractivity contribution in [2.24, 2.45) is 17.6 Å². The number of hydrogen-bond donors (Lipinski definition) is 7. The van der Waals surface area contributed by atoms with E-state index in [1.165, 1.54) is 53.1 Å². The van der Waals surface area contributed by atoms with Crippen LogP contribution in [0.4, 0.5) is 0 Å². The van der Waals surface area contributed by atoms with E-state index >= 15 is 0 Å². The van der Waals surface area contributed by atoms with E-state index in [0.717, 1.165) is 25.7 Å². The molecule has 8 N–H and O–H groups in total. The quantitative estimate of drug-likeness (QED) is 0.0597. The number of carbonyl (C=O) groups is 6. The zero-order chi connectivity index (χ0) is 46.3. The second kappa shape index (κ2) is 24.6. The lowest BCUT2D eigenvalue weighted by Crippen LogP contribution is -2.61. The Bertz CT molecular complexity index is 1800. The molecule has 0 bridgehead atoms. The third kappa shape index (κ3) is 14.6. The maximum atomic E-state index is 14.7. The number of likely N-dealkylation sites (N-methyl/N-ethyl adjacent to an activating group) is 2. The topological polar surface area (TPSA) is 243 Å². The number of nitrogens with zero attached hydrogens (tertiary/aromatic N) is 3. The number of aliphatic carboxylic acids is 1. The summed E-state index contributed by atoms with van der Waals surface area (Å²) in [4.78, 5) is 86.7. The molecule has 3 rings (SSSR count). The van der Waals surface area contributed by atoms with E-state index < -0.39 is 89.7 Å². The summed E-state index contributed by atoms with van der Waals surface area (Å²) in [6, 6.07) is 5.36. The molecule has 7 atom stereocenters. The summed E-state index contributed by atoms with van der Waals surface area (Å²) in [7, 11) is 2.89. The van der Waals surface area contributed by atoms with Crippen LogP contribution in [0.15, 0.2) is 48.5 Å². The Balaban J connectivity index is 1.85. The molecule has 0 radical (unpaired) electrons. The Labute approximate surface area is 370 Å². The van der Waals surface area contributed by atoms with Gasteiger partial charge in [-0.25, -0.2) is 4.79 Å². The number of phenols is 2. The minimum absolute atomic E-state index is 0.00434. The fourth-order valence-electron chi connectivity index (χ4n) is 7.80. The molecule has 2 aromatic rings. The number of carbonyl (C=O) groups excluding carboxylic acids is 5. The van der Waals surface area contributed by atoms with Crippen LogP contribution in [-0.2, 0) is 41.6 Å². The van der Waals surface area contributed by atoms with E-state index in [9.17, 15) is 49.2 Å². The summed E-state index contributed by atoms with van der Waals surface area (Å²) in [5, 5.41) is 45.6. The Morgan fingerprint density at radius 1 is 0.790 bits per heavy atom. The van der Waals surface area contributed by atoms with E-state index in [2.05, 4.69) is 10.6 Å². The van der Waals surface area contributed by atoms with Crippen LogP contribution in [0.25, 0.3) is 0 Å². The van der Waals surface area contributed by atoms with Crippen molar-refractivity contribution in [3.63, 3.8) is 0 Å². The Kier molecular flexibility index (Phi) is 20.4. The van der Waals surface area contributed by atoms with Crippen molar-refractivity contribution in [3.05, 3.63) is 59.7 Å². The molecule has 1 heterocycles. The highest BCUT2D eigenvalue weighted by Gasteiger charge is 2.44. The van der Waals surface area contributed by atoms with Gasteiger partial charge in [0, 0.05) is 45.4 Å². The van der Waals surface area contributed by atoms with Crippen molar-refractivity contribution in [1.29, 1.82) is 0 Å². The van der Waals surface area contributed by atoms with Gasteiger partial charge in [-0.2, -0.15) is 0 Å². The molecule has 1 saturated heterocycles. The fourth-order valence-corrected chi connectivity index (χ4v) is 7.99. The van der Waals surface area contributed by atoms with E-state index in [0.29, 0.717) is 36.3 Å². The van der Waals surface area contributed by atoms with E-state index in [1.807, 2.05) is 0 Å². The zero-order valence-corrected chi connectivity index (χ0v) is 37.6. The largest absolute Gasteiger partial charge is 0.508 e. The molecule has 17 heteroatoms. The second-order valence-corrected chi connectivity index (χ2v) is 17.4. The van der Waals surface area contributed by atoms with Gasteiger partial charge in [0.25, 0.3) is 5.91 Å². The minimum atomic E-state index is -1.57. The third-order valence-electron chi connectivity index (χ3n) is 11.5. The van der Waals surface area contributed by atoms with Gasteiger partial charge in [0.2, 0.25) is 23.6 Å². The predicted molar refractivity (Wildman–Crippen MR) is 235 cm³/mol. The summed E-state index contributed by atoms with van der Waals surface area (Å²) in [6.07, 6.45) is 3.87. The first-order valence-corrected chi connectivity index (χ1v) is 22.0. The van der Waals surface area contributed by atoms with Crippen LogP contribution in [0, 0.1) is 11.8 Å². The van der Waals surface area contributed by atoms with Crippen LogP contribution < -0.4 is 16.4 Å². The molecule has 5 amide bonds. The summed E-state index contributed by atoms with van der Waals surface area (Å²) < 4.78 is 0. The summed E-state index contributed by atoms with van der Waals surface area (Å²) in [5.41, 5.74) is 7.34. The average Bonchev–Trinajstić information content (AvgIpc) is 3.73. The van der Waals surface area contributed by atoms with Crippen molar-refractivity contribution < 1.29 is 49.2 Å². The van der Waals surface area contributed by atoms with Gasteiger partial charge in [-0.05, 0) is 72.9 Å². The molecular weight excluding hydrogens is 820 g/mol. The highest BCUT2D eigenvalue weighted by Crippen LogP contribution is 2.25. The average molecular weight is 888 g/mol. The summed E-state index contributed by atoms with van der Waals surface area (Å²) in [6.45, 7) is 7.10. The van der Waals surface area contributed by atoms with Gasteiger partial charge in [-0.15, -0.1) is 11.6 Å². The molecule has 2 aromatic carbocycles. The molecule has 16 nitrogen and oxygen atoms in total. The first kappa shape index (κ1) is 51.4. The number of likely N-dealkylation sites (tertiary alicyclic amines) is 1. The predicted octanol–water partition coefficient (Wildman–Crippen LogP) is 3.16. The number of unbranched alkanes of at least 4 members (excludes halogenated alkanes) is 4. The number of amides is 5. The van der Waals surface area contributed by atoms with Gasteiger partial charge in [0.15, 0.2) is 0 Å². The Morgan fingerprint density at radius 3 is 1.87 bits per heavy atom. The molecular formula is C45H67ClN6O10. The molecule has 1 aliphatic rings. The lowest BCUT2D eigenvalue weighted by Gasteiger charge is -2.39. The van der Waals surface area contributed by atoms with Gasteiger partial charge in [0.1, 0.15) is 47.8 Å². The number of aliphatic hydroxyl groups is 1. The Hall–Kier alpha value is -4.93. The van der Waals surface area contributed by atoms with E-state index in [1.54, 1.807) is 52.0 Å². The van der Waals surface area contributed by atoms with Crippen LogP contribution in [0.5, 0.6) is 11.5 Å². The molecule has 0 saturated carbocycles. The number of phenolic OH excluding ortho intramolecular Hbond substituents is 2. The number of carboxylic acids is 1. The van der Waals surface area contributed by atoms with Crippen LogP contribution in [-0.4, -0.2) is 140 Å². The summed E-state index contributed by atoms with van der Waals surface area (Å²) >= 11 is 5.74. The highest BCUT2D eigenvalue weighted by atomic mass is 35.5. The highest BCUT2D eigenvalue weighted by molar-refractivity contribution is 6.17. The van der Waals surface area contributed by atoms with Gasteiger partial charge in [-0.1, -0.05) is 77.6 Å². The number of benzene rings is 2. The number of nitrogens with two attached hydrogens (primary N) is 1. The van der Waals surface area contributed by atoms with Crippen LogP contribution in [0.1, 0.15) is 90.2 Å². The smallest absolute Gasteiger partial charge is 0.326 e. The monoisotopic (exact) mass is 886 g/mol. The molecule has 344 valence electrons. The lowest BCUT2D eigenvalue weighted by atomic mass is 9.95. The number of aliphatic hydroxyl groups excluding tert-OH is 1. The molecule has 0 aromatic heterocycles. The lowest BCUT2D eigenvalue weighted by molar-refractivity contribution is -0.154. The number of hydrogen-bond acceptors (Lipinski definition) is 10. The maximum absolute atomic E-state index is 14.7. The standard InChI is InChI=1S/C45H67ClN6O10/c1-27(2)37(49-41(57)39(55)33(47)13-10-8-7-9-11-23-46)43(59)51(6)38(28(3)4)44(60)50(5)36(26-30-17-21-32(54)22-18-30)42(58)52-24-12-14-35(52)40(56)48-34(45(61)62)25-29-15-19-31(53)20-16-29/h15-22,27-28,33-39,53-55H,7-14,23-26,47H2,1-6H3,(H,48,56)(H,49,57)(H,61,62). The normalized spacial score (nSPS) is 16.8. The Morgan fingerprint density at radius 2 is 1.34 bits per heavy atom. The number of carboxylic acid groups (broad SMARTS) is 1. The van der Waals surface area contributed by atoms with Crippen molar-refractivity contribution >= 4 is 47.1 Å². The number of alkyl halides is 1. The van der Waals surface area contributed by atoms with Gasteiger partial charge < -0.3 is 51.5 Å². The molecule has 1 aliphatic heterocycles. The van der Waals surface area contributed by atoms with Crippen LogP contribution in [0.2, 0.25) is 0 Å². The maximum Gasteiger partial charge on any atom is 0.326 e. The van der Waals surface area contributed by atoms with Crippen molar-refractivity contribution in [2.45, 2.75) is 134 Å². The van der Waals surface area contributed by atoms with E-state index in [4.69, 9.17) is 17.3 Å². The van der Waals surface area contributed by atoms with Gasteiger partial charge in [-0.3, -0.25) is 24.0 Å². The second-order valence-electron chi connectivity index (χ2n) is 17.0. The molecule has 0 aliphatic carbocycles. The van der Waals surface area contributed by atoms with Gasteiger partial charge in [0.05, 0.1) is 0 Å². The number of nitrogens with one attached hydrogen (secondary N) is 2. The van der Waals surface area contributed by atoms with E-state index in [-0.39, 0.29) is 37.3 Å². The first-order chi connectivity index (χ1) is 29.3. The third-order valence-corrected chi connectivity index (χ3v) is 11.8. The fraction of sp³-hybridized carbons (Fsp3) is 0.600. The van der Waals surface area contributed by atoms with Crippen LogP contribution >= 0.6 is 11.6 Å². The van der Waals surface area contributed by atoms with Gasteiger partial charge >= 0.3 is 5.97 Å². The number of halogens is 1. The summed E-state index contributed by atoms with van der Waals surface area (Å²) in [5.74, 6) is -4.85. The number of rotatable bonds is 24. The van der Waals surface area contributed by atoms with Crippen molar-refractivity contribution in [1.82, 2.24) is 25.3 Å². The zero-order valence-electron chi connectivity index (χ0n) is 36.8. The molecule has 62 heavy (non-hydrogen) atoms. The molecule has 7 unspecified atom stereocenters. The molecule has 0 spiro atoms. The SMILES string of the molecule is CC(C)C(NC(=O)C(O)C(N)CCCCCCCCl)C(=O)N(C)C(C(=O)N(C)C(Cc1ccc(O)cc1)C(=O)N1CCCC1C(=O)NC(Cc1ccc(O)cc1)C(=O)O)C(C)C. The number of aromatic hydroxyl groups is 2. The van der Waals surface area contributed by atoms with Crippen molar-refractivity contribution in [3.8, 4) is 11.5 Å². The minimum Gasteiger partial charge on any atom is -0.508 e. The molecule has 1 fully saturated rings. The van der Waals surface area contributed by atoms with Crippen LogP contribution in [0.3, 0.4) is 0 Å².